The predicted octanol–water partition coefficient (Wildman–Crippen LogP) is 3.41. The van der Waals surface area contributed by atoms with E-state index in [2.05, 4.69) is 31.0 Å². The van der Waals surface area contributed by atoms with Gasteiger partial charge in [0.1, 0.15) is 4.21 Å². The van der Waals surface area contributed by atoms with Gasteiger partial charge in [-0.15, -0.1) is 23.7 Å². The lowest BCUT2D eigenvalue weighted by Gasteiger charge is -2.32. The summed E-state index contributed by atoms with van der Waals surface area (Å²) in [5.74, 6) is 0.984. The molecule has 13 heteroatoms. The van der Waals surface area contributed by atoms with E-state index in [0.717, 1.165) is 9.35 Å². The molecule has 0 spiro atoms. The Balaban J connectivity index is 0.00000342. The highest BCUT2D eigenvalue weighted by molar-refractivity contribution is 9.11. The largest absolute Gasteiger partial charge is 0.341 e. The van der Waals surface area contributed by atoms with Crippen molar-refractivity contribution in [2.75, 3.05) is 33.2 Å². The molecule has 2 aromatic heterocycles. The number of piperazine rings is 1. The first-order chi connectivity index (χ1) is 16.3. The number of carbonyl (C=O) groups excluding carboxylic acids is 1. The van der Waals surface area contributed by atoms with Crippen molar-refractivity contribution in [3.8, 4) is 0 Å². The molecule has 0 saturated carbocycles. The van der Waals surface area contributed by atoms with Crippen LogP contribution in [0.25, 0.3) is 0 Å². The Morgan fingerprint density at radius 3 is 2.51 bits per heavy atom. The molecule has 1 aliphatic heterocycles. The zero-order chi connectivity index (χ0) is 24.1. The first-order valence-electron chi connectivity index (χ1n) is 10.9. The monoisotopic (exact) mass is 603 g/mol. The number of hydrogen-bond acceptors (Lipinski definition) is 8. The molecule has 0 unspecified atom stereocenters. The van der Waals surface area contributed by atoms with Crippen LogP contribution in [0.5, 0.6) is 0 Å². The number of hydrogen-bond donors (Lipinski definition) is 0. The summed E-state index contributed by atoms with van der Waals surface area (Å²) in [6, 6.07) is 13.2. The van der Waals surface area contributed by atoms with Crippen molar-refractivity contribution in [3.63, 3.8) is 0 Å². The van der Waals surface area contributed by atoms with Crippen molar-refractivity contribution in [2.24, 2.45) is 0 Å². The van der Waals surface area contributed by atoms with Crippen molar-refractivity contribution in [2.45, 2.75) is 30.1 Å². The predicted molar refractivity (Wildman–Crippen MR) is 139 cm³/mol. The summed E-state index contributed by atoms with van der Waals surface area (Å²) >= 11 is 4.54. The summed E-state index contributed by atoms with van der Waals surface area (Å²) in [5.41, 5.74) is 1.08. The van der Waals surface area contributed by atoms with Crippen LogP contribution in [0, 0.1) is 0 Å². The van der Waals surface area contributed by atoms with Gasteiger partial charge in [-0.1, -0.05) is 35.5 Å². The first kappa shape index (κ1) is 27.8. The van der Waals surface area contributed by atoms with Gasteiger partial charge in [0, 0.05) is 52.6 Å². The molecule has 1 aliphatic rings. The molecule has 0 radical (unpaired) electrons. The van der Waals surface area contributed by atoms with E-state index >= 15 is 0 Å². The molecule has 1 amide bonds. The minimum Gasteiger partial charge on any atom is -0.341 e. The van der Waals surface area contributed by atoms with E-state index in [9.17, 15) is 13.2 Å². The third-order valence-electron chi connectivity index (χ3n) is 5.59. The van der Waals surface area contributed by atoms with Crippen LogP contribution >= 0.6 is 39.7 Å². The number of benzene rings is 1. The highest BCUT2D eigenvalue weighted by Gasteiger charge is 2.30. The second kappa shape index (κ2) is 12.4. The number of rotatable bonds is 9. The van der Waals surface area contributed by atoms with Gasteiger partial charge in [0.2, 0.25) is 11.8 Å². The number of aryl methyl sites for hydroxylation is 1. The van der Waals surface area contributed by atoms with Gasteiger partial charge in [-0.3, -0.25) is 9.69 Å². The number of halogens is 2. The van der Waals surface area contributed by atoms with Gasteiger partial charge in [-0.2, -0.15) is 9.29 Å². The molecule has 35 heavy (non-hydrogen) atoms. The van der Waals surface area contributed by atoms with E-state index in [-0.39, 0.29) is 18.3 Å². The van der Waals surface area contributed by atoms with E-state index < -0.39 is 10.0 Å². The van der Waals surface area contributed by atoms with Crippen molar-refractivity contribution in [3.05, 3.63) is 63.5 Å². The third-order valence-corrected chi connectivity index (χ3v) is 9.58. The molecular weight excluding hydrogens is 578 g/mol. The topological polar surface area (TPSA) is 99.9 Å². The maximum atomic E-state index is 12.8. The van der Waals surface area contributed by atoms with Crippen molar-refractivity contribution in [1.29, 1.82) is 0 Å². The SMILES string of the molecule is CN(Cc1ccccc1)C(=O)CCc1nc(CN2CCN(S(=O)(=O)c3ccc(Br)s3)CC2)no1.Cl. The molecule has 1 fully saturated rings. The van der Waals surface area contributed by atoms with Gasteiger partial charge in [-0.25, -0.2) is 8.42 Å². The van der Waals surface area contributed by atoms with Crippen molar-refractivity contribution >= 4 is 55.6 Å². The molecular formula is C22H27BrClN5O4S2. The van der Waals surface area contributed by atoms with Crippen LogP contribution < -0.4 is 0 Å². The Labute approximate surface area is 223 Å². The Hall–Kier alpha value is -1.83. The molecule has 9 nitrogen and oxygen atoms in total. The second-order valence-electron chi connectivity index (χ2n) is 8.08. The maximum absolute atomic E-state index is 12.8. The zero-order valence-corrected chi connectivity index (χ0v) is 23.2. The fourth-order valence-electron chi connectivity index (χ4n) is 3.70. The number of aromatic nitrogens is 2. The Morgan fingerprint density at radius 2 is 1.86 bits per heavy atom. The average molecular weight is 605 g/mol. The molecule has 1 saturated heterocycles. The highest BCUT2D eigenvalue weighted by Crippen LogP contribution is 2.29. The van der Waals surface area contributed by atoms with E-state index in [0.29, 0.717) is 68.0 Å². The quantitative estimate of drug-likeness (QED) is 0.369. The molecule has 0 aliphatic carbocycles. The Kier molecular flexibility index (Phi) is 9.85. The van der Waals surface area contributed by atoms with Crippen LogP contribution in [0.1, 0.15) is 23.7 Å². The summed E-state index contributed by atoms with van der Waals surface area (Å²) in [7, 11) is -1.68. The van der Waals surface area contributed by atoms with Crippen molar-refractivity contribution < 1.29 is 17.7 Å². The molecule has 3 heterocycles. The Bertz CT molecular complexity index is 1210. The van der Waals surface area contributed by atoms with E-state index in [4.69, 9.17) is 4.52 Å². The van der Waals surface area contributed by atoms with Crippen molar-refractivity contribution in [1.82, 2.24) is 24.2 Å². The van der Waals surface area contributed by atoms with Gasteiger partial charge in [-0.05, 0) is 33.6 Å². The smallest absolute Gasteiger partial charge is 0.252 e. The van der Waals surface area contributed by atoms with Gasteiger partial charge in [0.05, 0.1) is 10.3 Å². The molecule has 190 valence electrons. The number of sulfonamides is 1. The number of thiophene rings is 1. The number of nitrogens with zero attached hydrogens (tertiary/aromatic N) is 5. The minimum atomic E-state index is -3.47. The van der Waals surface area contributed by atoms with Crippen LogP contribution in [0.15, 0.2) is 55.0 Å². The summed E-state index contributed by atoms with van der Waals surface area (Å²) in [6.45, 7) is 3.01. The zero-order valence-electron chi connectivity index (χ0n) is 19.2. The molecule has 0 N–H and O–H groups in total. The fourth-order valence-corrected chi connectivity index (χ4v) is 7.28. The second-order valence-corrected chi connectivity index (χ2v) is 12.7. The molecule has 0 atom stereocenters. The van der Waals surface area contributed by atoms with E-state index in [1.807, 2.05) is 30.3 Å². The normalized spacial score (nSPS) is 15.0. The lowest BCUT2D eigenvalue weighted by molar-refractivity contribution is -0.130. The lowest BCUT2D eigenvalue weighted by Crippen LogP contribution is -2.48. The van der Waals surface area contributed by atoms with Gasteiger partial charge >= 0.3 is 0 Å². The minimum absolute atomic E-state index is 0. The summed E-state index contributed by atoms with van der Waals surface area (Å²) in [4.78, 5) is 20.6. The van der Waals surface area contributed by atoms with Gasteiger partial charge in [0.25, 0.3) is 10.0 Å². The van der Waals surface area contributed by atoms with Crippen LogP contribution in [0.3, 0.4) is 0 Å². The molecule has 0 bridgehead atoms. The molecule has 1 aromatic carbocycles. The Morgan fingerprint density at radius 1 is 1.14 bits per heavy atom. The highest BCUT2D eigenvalue weighted by atomic mass is 79.9. The third kappa shape index (κ3) is 7.34. The first-order valence-corrected chi connectivity index (χ1v) is 13.9. The summed E-state index contributed by atoms with van der Waals surface area (Å²) in [6.07, 6.45) is 0.674. The van der Waals surface area contributed by atoms with Crippen LogP contribution in [0.2, 0.25) is 0 Å². The van der Waals surface area contributed by atoms with Gasteiger partial charge < -0.3 is 9.42 Å². The van der Waals surface area contributed by atoms with Crippen LogP contribution in [0.4, 0.5) is 0 Å². The van der Waals surface area contributed by atoms with Crippen LogP contribution in [-0.4, -0.2) is 71.8 Å². The number of amides is 1. The molecule has 4 rings (SSSR count). The number of carbonyl (C=O) groups is 1. The summed E-state index contributed by atoms with van der Waals surface area (Å²) < 4.78 is 33.5. The van der Waals surface area contributed by atoms with Gasteiger partial charge in [0.15, 0.2) is 5.82 Å². The average Bonchev–Trinajstić information content (AvgIpc) is 3.47. The van der Waals surface area contributed by atoms with E-state index in [1.54, 1.807) is 24.1 Å². The van der Waals surface area contributed by atoms with E-state index in [1.165, 1.54) is 15.6 Å². The summed E-state index contributed by atoms with van der Waals surface area (Å²) in [5, 5.41) is 4.03. The molecule has 3 aromatic rings. The maximum Gasteiger partial charge on any atom is 0.252 e. The fraction of sp³-hybridized carbons (Fsp3) is 0.409. The standard InChI is InChI=1S/C22H26BrN5O4S2.ClH/c1-26(15-17-5-3-2-4-6-17)21(29)9-8-20-24-19(25-32-20)16-27-11-13-28(14-12-27)34(30,31)22-10-7-18(23)33-22;/h2-7,10H,8-9,11-16H2,1H3;1H. The van der Waals surface area contributed by atoms with Crippen LogP contribution in [-0.2, 0) is 34.3 Å². The lowest BCUT2D eigenvalue weighted by atomic mass is 10.2.